The third-order valence-electron chi connectivity index (χ3n) is 1.61. The van der Waals surface area contributed by atoms with Crippen LogP contribution in [0.15, 0.2) is 23.7 Å². The van der Waals surface area contributed by atoms with Crippen LogP contribution in [0.3, 0.4) is 0 Å². The third kappa shape index (κ3) is 2.00. The Kier molecular flexibility index (Phi) is 2.60. The summed E-state index contributed by atoms with van der Waals surface area (Å²) in [5.74, 6) is -0.814. The van der Waals surface area contributed by atoms with Crippen LogP contribution in [0.5, 0.6) is 0 Å². The number of aliphatic carboxylic acids is 1. The molecule has 0 bridgehead atoms. The van der Waals surface area contributed by atoms with Crippen molar-refractivity contribution in [2.75, 3.05) is 0 Å². The Balaban J connectivity index is 2.22. The zero-order valence-electron chi connectivity index (χ0n) is 7.14. The summed E-state index contributed by atoms with van der Waals surface area (Å²) in [4.78, 5) is 16.5. The van der Waals surface area contributed by atoms with Crippen LogP contribution >= 0.6 is 22.7 Å². The molecule has 0 spiro atoms. The van der Waals surface area contributed by atoms with Gasteiger partial charge in [-0.25, -0.2) is 4.98 Å². The number of aromatic nitrogens is 1. The van der Waals surface area contributed by atoms with E-state index in [0.717, 1.165) is 14.8 Å². The lowest BCUT2D eigenvalue weighted by atomic mass is 10.4. The van der Waals surface area contributed by atoms with Crippen LogP contribution in [0.4, 0.5) is 0 Å². The first-order chi connectivity index (χ1) is 6.75. The smallest absolute Gasteiger partial charge is 0.308 e. The van der Waals surface area contributed by atoms with E-state index in [1.165, 1.54) is 11.3 Å². The minimum absolute atomic E-state index is 0.0586. The lowest BCUT2D eigenvalue weighted by Gasteiger charge is -1.87. The Labute approximate surface area is 88.7 Å². The van der Waals surface area contributed by atoms with Crippen molar-refractivity contribution in [2.45, 2.75) is 6.42 Å². The normalized spacial score (nSPS) is 10.3. The summed E-state index contributed by atoms with van der Waals surface area (Å²) < 4.78 is 0. The highest BCUT2D eigenvalue weighted by Crippen LogP contribution is 2.28. The van der Waals surface area contributed by atoms with Crippen LogP contribution < -0.4 is 0 Å². The Morgan fingerprint density at radius 3 is 3.07 bits per heavy atom. The van der Waals surface area contributed by atoms with E-state index >= 15 is 0 Å². The number of carbonyl (C=O) groups is 1. The first-order valence-electron chi connectivity index (χ1n) is 3.96. The molecule has 0 saturated heterocycles. The van der Waals surface area contributed by atoms with Gasteiger partial charge in [-0.15, -0.1) is 22.7 Å². The standard InChI is InChI=1S/C9H7NO2S2/c11-8(12)4-6-5-10-9(14-6)7-2-1-3-13-7/h1-3,5H,4H2,(H,11,12). The maximum Gasteiger partial charge on any atom is 0.308 e. The van der Waals surface area contributed by atoms with Crippen molar-refractivity contribution in [1.29, 1.82) is 0 Å². The van der Waals surface area contributed by atoms with E-state index in [9.17, 15) is 4.79 Å². The van der Waals surface area contributed by atoms with E-state index in [-0.39, 0.29) is 6.42 Å². The van der Waals surface area contributed by atoms with Gasteiger partial charge in [-0.2, -0.15) is 0 Å². The number of carboxylic acids is 1. The summed E-state index contributed by atoms with van der Waals surface area (Å²) in [6, 6.07) is 3.94. The number of carboxylic acid groups (broad SMARTS) is 1. The van der Waals surface area contributed by atoms with Gasteiger partial charge in [0.1, 0.15) is 5.01 Å². The summed E-state index contributed by atoms with van der Waals surface area (Å²) in [6.07, 6.45) is 1.69. The summed E-state index contributed by atoms with van der Waals surface area (Å²) in [5.41, 5.74) is 0. The van der Waals surface area contributed by atoms with Crippen LogP contribution in [-0.2, 0) is 11.2 Å². The van der Waals surface area contributed by atoms with Crippen molar-refractivity contribution in [3.63, 3.8) is 0 Å². The largest absolute Gasteiger partial charge is 0.481 e. The summed E-state index contributed by atoms with van der Waals surface area (Å²) in [5, 5.41) is 11.5. The van der Waals surface area contributed by atoms with Crippen molar-refractivity contribution >= 4 is 28.6 Å². The van der Waals surface area contributed by atoms with Crippen LogP contribution in [0, 0.1) is 0 Å². The quantitative estimate of drug-likeness (QED) is 0.873. The topological polar surface area (TPSA) is 50.2 Å². The molecule has 0 unspecified atom stereocenters. The highest BCUT2D eigenvalue weighted by molar-refractivity contribution is 7.21. The zero-order chi connectivity index (χ0) is 9.97. The summed E-state index contributed by atoms with van der Waals surface area (Å²) in [6.45, 7) is 0. The highest BCUT2D eigenvalue weighted by atomic mass is 32.1. The van der Waals surface area contributed by atoms with Gasteiger partial charge in [-0.1, -0.05) is 6.07 Å². The van der Waals surface area contributed by atoms with Gasteiger partial charge in [0.25, 0.3) is 0 Å². The molecule has 1 N–H and O–H groups in total. The molecule has 0 aliphatic rings. The van der Waals surface area contributed by atoms with Gasteiger partial charge in [-0.05, 0) is 11.4 Å². The van der Waals surface area contributed by atoms with Gasteiger partial charge in [-0.3, -0.25) is 4.79 Å². The molecular formula is C9H7NO2S2. The fraction of sp³-hybridized carbons (Fsp3) is 0.111. The zero-order valence-corrected chi connectivity index (χ0v) is 8.77. The fourth-order valence-electron chi connectivity index (χ4n) is 1.05. The first kappa shape index (κ1) is 9.36. The lowest BCUT2D eigenvalue weighted by Crippen LogP contribution is -1.97. The maximum absolute atomic E-state index is 10.4. The van der Waals surface area contributed by atoms with Crippen LogP contribution in [-0.4, -0.2) is 16.1 Å². The molecule has 0 atom stereocenters. The molecule has 3 nitrogen and oxygen atoms in total. The average molecular weight is 225 g/mol. The Hall–Kier alpha value is -1.20. The third-order valence-corrected chi connectivity index (χ3v) is 3.65. The van der Waals surface area contributed by atoms with E-state index in [2.05, 4.69) is 4.98 Å². The monoisotopic (exact) mass is 225 g/mol. The minimum atomic E-state index is -0.814. The second-order valence-electron chi connectivity index (χ2n) is 2.68. The molecule has 2 aromatic rings. The van der Waals surface area contributed by atoms with Crippen LogP contribution in [0.2, 0.25) is 0 Å². The van der Waals surface area contributed by atoms with Gasteiger partial charge in [0.2, 0.25) is 0 Å². The molecule has 14 heavy (non-hydrogen) atoms. The SMILES string of the molecule is O=C(O)Cc1cnc(-c2cccs2)s1. The predicted octanol–water partition coefficient (Wildman–Crippen LogP) is 2.50. The van der Waals surface area contributed by atoms with Crippen LogP contribution in [0.25, 0.3) is 9.88 Å². The first-order valence-corrected chi connectivity index (χ1v) is 5.65. The number of nitrogens with zero attached hydrogens (tertiary/aromatic N) is 1. The Morgan fingerprint density at radius 1 is 1.57 bits per heavy atom. The van der Waals surface area contributed by atoms with E-state index in [4.69, 9.17) is 5.11 Å². The molecule has 0 fully saturated rings. The van der Waals surface area contributed by atoms with Crippen molar-refractivity contribution in [3.05, 3.63) is 28.6 Å². The molecule has 0 aliphatic heterocycles. The second kappa shape index (κ2) is 3.89. The van der Waals surface area contributed by atoms with Crippen molar-refractivity contribution in [3.8, 4) is 9.88 Å². The molecule has 2 heterocycles. The van der Waals surface area contributed by atoms with Gasteiger partial charge in [0, 0.05) is 11.1 Å². The number of hydrogen-bond donors (Lipinski definition) is 1. The van der Waals surface area contributed by atoms with E-state index < -0.39 is 5.97 Å². The predicted molar refractivity (Wildman–Crippen MR) is 56.8 cm³/mol. The van der Waals surface area contributed by atoms with Crippen molar-refractivity contribution in [1.82, 2.24) is 4.98 Å². The Bertz CT molecular complexity index is 433. The molecule has 0 saturated carbocycles. The molecule has 2 aromatic heterocycles. The Morgan fingerprint density at radius 2 is 2.43 bits per heavy atom. The van der Waals surface area contributed by atoms with Gasteiger partial charge in [0.15, 0.2) is 0 Å². The van der Waals surface area contributed by atoms with Crippen molar-refractivity contribution < 1.29 is 9.90 Å². The average Bonchev–Trinajstić information content (AvgIpc) is 2.69. The second-order valence-corrected chi connectivity index (χ2v) is 4.74. The summed E-state index contributed by atoms with van der Waals surface area (Å²) >= 11 is 3.05. The van der Waals surface area contributed by atoms with E-state index in [0.29, 0.717) is 0 Å². The molecular weight excluding hydrogens is 218 g/mol. The molecule has 0 aromatic carbocycles. The number of hydrogen-bond acceptors (Lipinski definition) is 4. The fourth-order valence-corrected chi connectivity index (χ4v) is 2.76. The van der Waals surface area contributed by atoms with Gasteiger partial charge in [0.05, 0.1) is 11.3 Å². The summed E-state index contributed by atoms with van der Waals surface area (Å²) in [7, 11) is 0. The number of thiazole rings is 1. The maximum atomic E-state index is 10.4. The van der Waals surface area contributed by atoms with Crippen molar-refractivity contribution in [2.24, 2.45) is 0 Å². The molecule has 72 valence electrons. The molecule has 2 rings (SSSR count). The minimum Gasteiger partial charge on any atom is -0.481 e. The molecule has 0 amide bonds. The number of rotatable bonds is 3. The van der Waals surface area contributed by atoms with Gasteiger partial charge >= 0.3 is 5.97 Å². The lowest BCUT2D eigenvalue weighted by molar-refractivity contribution is -0.136. The van der Waals surface area contributed by atoms with Crippen LogP contribution in [0.1, 0.15) is 4.88 Å². The molecule has 5 heteroatoms. The molecule has 0 radical (unpaired) electrons. The molecule has 0 aliphatic carbocycles. The number of thiophene rings is 1. The van der Waals surface area contributed by atoms with E-state index in [1.807, 2.05) is 17.5 Å². The highest BCUT2D eigenvalue weighted by Gasteiger charge is 2.07. The van der Waals surface area contributed by atoms with Gasteiger partial charge < -0.3 is 5.11 Å². The van der Waals surface area contributed by atoms with E-state index in [1.54, 1.807) is 17.5 Å².